The third-order valence-corrected chi connectivity index (χ3v) is 9.66. The molecule has 0 spiro atoms. The Hall–Kier alpha value is -3.65. The number of nitrogens with one attached hydrogen (secondary N) is 4. The largest absolute Gasteiger partial charge is 0.464 e. The molecule has 2 aliphatic carbocycles. The molecule has 276 valence electrons. The maximum Gasteiger partial charge on any atom is 0.389 e. The van der Waals surface area contributed by atoms with Crippen molar-refractivity contribution in [3.63, 3.8) is 0 Å². The highest BCUT2D eigenvalue weighted by atomic mass is 19.4. The first kappa shape index (κ1) is 39.8. The number of esters is 1. The van der Waals surface area contributed by atoms with E-state index >= 15 is 0 Å². The Labute approximate surface area is 286 Å². The van der Waals surface area contributed by atoms with Crippen molar-refractivity contribution in [2.75, 3.05) is 19.7 Å². The van der Waals surface area contributed by atoms with E-state index in [-0.39, 0.29) is 31.5 Å². The van der Waals surface area contributed by atoms with E-state index in [4.69, 9.17) is 4.74 Å². The van der Waals surface area contributed by atoms with Crippen LogP contribution >= 0.6 is 0 Å². The van der Waals surface area contributed by atoms with Crippen molar-refractivity contribution in [1.82, 2.24) is 26.2 Å². The maximum absolute atomic E-state index is 14.2. The molecule has 2 saturated carbocycles. The molecule has 2 unspecified atom stereocenters. The van der Waals surface area contributed by atoms with Gasteiger partial charge in [-0.2, -0.15) is 13.2 Å². The second-order valence-electron chi connectivity index (χ2n) is 16.3. The van der Waals surface area contributed by atoms with Crippen molar-refractivity contribution in [2.24, 2.45) is 34.0 Å². The van der Waals surface area contributed by atoms with Crippen LogP contribution in [0.4, 0.5) is 18.0 Å². The summed E-state index contributed by atoms with van der Waals surface area (Å²) in [5.41, 5.74) is -2.02. The number of alkyl halides is 3. The lowest BCUT2D eigenvalue weighted by molar-refractivity contribution is -0.149. The lowest BCUT2D eigenvalue weighted by Crippen LogP contribution is -2.62. The molecule has 5 amide bonds. The Morgan fingerprint density at radius 3 is 2.02 bits per heavy atom. The molecule has 3 rings (SSSR count). The minimum atomic E-state index is -4.66. The van der Waals surface area contributed by atoms with Crippen molar-refractivity contribution < 1.29 is 46.7 Å². The van der Waals surface area contributed by atoms with Crippen LogP contribution in [0.25, 0.3) is 0 Å². The highest BCUT2D eigenvalue weighted by Crippen LogP contribution is 2.65. The van der Waals surface area contributed by atoms with E-state index in [1.807, 2.05) is 13.8 Å². The molecule has 0 aromatic carbocycles. The molecule has 3 aliphatic rings. The summed E-state index contributed by atoms with van der Waals surface area (Å²) >= 11 is 0. The van der Waals surface area contributed by atoms with Crippen molar-refractivity contribution in [3.05, 3.63) is 12.7 Å². The van der Waals surface area contributed by atoms with Gasteiger partial charge in [-0.1, -0.05) is 61.5 Å². The van der Waals surface area contributed by atoms with Gasteiger partial charge in [0.15, 0.2) is 0 Å². The van der Waals surface area contributed by atoms with Crippen LogP contribution in [0.2, 0.25) is 0 Å². The quantitative estimate of drug-likeness (QED) is 0.123. The molecule has 15 heteroatoms. The van der Waals surface area contributed by atoms with Crippen LogP contribution in [-0.2, 0) is 28.7 Å². The van der Waals surface area contributed by atoms with Crippen LogP contribution in [0.1, 0.15) is 81.1 Å². The second kappa shape index (κ2) is 14.7. The van der Waals surface area contributed by atoms with Crippen molar-refractivity contribution >= 4 is 35.5 Å². The first-order chi connectivity index (χ1) is 22.4. The number of amides is 5. The van der Waals surface area contributed by atoms with E-state index in [9.17, 15) is 41.9 Å². The number of fused-ring (bicyclic) bond motifs is 1. The summed E-state index contributed by atoms with van der Waals surface area (Å²) in [5, 5.41) is 9.91. The zero-order valence-electron chi connectivity index (χ0n) is 29.7. The average molecular weight is 700 g/mol. The number of hydrogen-bond acceptors (Lipinski definition) is 7. The predicted molar refractivity (Wildman–Crippen MR) is 174 cm³/mol. The van der Waals surface area contributed by atoms with E-state index in [0.717, 1.165) is 12.8 Å². The first-order valence-corrected chi connectivity index (χ1v) is 16.7. The van der Waals surface area contributed by atoms with E-state index in [2.05, 4.69) is 27.8 Å². The number of hydrogen-bond donors (Lipinski definition) is 4. The van der Waals surface area contributed by atoms with E-state index < -0.39 is 94.9 Å². The Kier molecular flexibility index (Phi) is 11.9. The van der Waals surface area contributed by atoms with Crippen LogP contribution in [0.3, 0.4) is 0 Å². The molecule has 0 aromatic rings. The fourth-order valence-corrected chi connectivity index (χ4v) is 6.37. The number of likely N-dealkylation sites (tertiary alicyclic amines) is 1. The molecule has 1 saturated heterocycles. The van der Waals surface area contributed by atoms with Gasteiger partial charge in [-0.05, 0) is 53.3 Å². The van der Waals surface area contributed by atoms with Crippen molar-refractivity contribution in [3.8, 4) is 0 Å². The fourth-order valence-electron chi connectivity index (χ4n) is 6.37. The third-order valence-electron chi connectivity index (χ3n) is 9.66. The van der Waals surface area contributed by atoms with Crippen LogP contribution < -0.4 is 21.3 Å². The van der Waals surface area contributed by atoms with Gasteiger partial charge in [0.05, 0.1) is 12.6 Å². The number of carbonyl (C=O) groups excluding carboxylic acids is 6. The minimum Gasteiger partial charge on any atom is -0.464 e. The topological polar surface area (TPSA) is 163 Å². The Morgan fingerprint density at radius 2 is 1.51 bits per heavy atom. The van der Waals surface area contributed by atoms with E-state index in [1.165, 1.54) is 11.0 Å². The zero-order valence-corrected chi connectivity index (χ0v) is 29.7. The molecule has 3 fully saturated rings. The van der Waals surface area contributed by atoms with Gasteiger partial charge >= 0.3 is 18.2 Å². The monoisotopic (exact) mass is 699 g/mol. The summed E-state index contributed by atoms with van der Waals surface area (Å²) in [5.74, 6) is -4.71. The highest BCUT2D eigenvalue weighted by molar-refractivity contribution is 6.38. The minimum absolute atomic E-state index is 0.111. The highest BCUT2D eigenvalue weighted by Gasteiger charge is 2.70. The standard InChI is InChI=1S/C34H52F3N5O7/c1-10-15-38-27(45)23(43)20(13-14-34(35,36)37)39-26(44)22-21-19(33(21,8)9)16-42(22)28(46)24(31(2,3)4)40-30(48)41-25(32(5,6)7)29(47)49-17-18-11-12-18/h10,18-22,24-25H,1,11-17H2,2-9H3,(H,38,45)(H,39,44)(H2,40,41,48)/t19-,20?,21?,22-,24+,25+/m0/s1. The maximum atomic E-state index is 14.2. The summed E-state index contributed by atoms with van der Waals surface area (Å²) in [7, 11) is 0. The first-order valence-electron chi connectivity index (χ1n) is 16.7. The van der Waals surface area contributed by atoms with E-state index in [1.54, 1.807) is 41.5 Å². The molecule has 1 heterocycles. The summed E-state index contributed by atoms with van der Waals surface area (Å²) in [6.07, 6.45) is -3.74. The molecule has 12 nitrogen and oxygen atoms in total. The van der Waals surface area contributed by atoms with Gasteiger partial charge in [-0.15, -0.1) is 6.58 Å². The number of rotatable bonds is 14. The van der Waals surface area contributed by atoms with Gasteiger partial charge in [-0.25, -0.2) is 9.59 Å². The summed E-state index contributed by atoms with van der Waals surface area (Å²) < 4.78 is 44.9. The smallest absolute Gasteiger partial charge is 0.389 e. The van der Waals surface area contributed by atoms with E-state index in [0.29, 0.717) is 5.92 Å². The van der Waals surface area contributed by atoms with Gasteiger partial charge in [0, 0.05) is 19.5 Å². The van der Waals surface area contributed by atoms with Crippen LogP contribution in [0.15, 0.2) is 12.7 Å². The van der Waals surface area contributed by atoms with Gasteiger partial charge in [0.1, 0.15) is 18.1 Å². The Morgan fingerprint density at radius 1 is 0.939 bits per heavy atom. The Bertz CT molecular complexity index is 1320. The lowest BCUT2D eigenvalue weighted by atomic mass is 9.85. The van der Waals surface area contributed by atoms with Gasteiger partial charge in [-0.3, -0.25) is 19.2 Å². The number of ketones is 1. The number of Topliss-reactive ketones (excluding diaryl/α,β-unsaturated/α-hetero) is 1. The molecule has 49 heavy (non-hydrogen) atoms. The number of nitrogens with zero attached hydrogens (tertiary/aromatic N) is 1. The molecule has 0 radical (unpaired) electrons. The number of piperidine rings is 1. The molecule has 6 atom stereocenters. The number of halogens is 3. The molecule has 4 N–H and O–H groups in total. The molecule has 0 aromatic heterocycles. The number of ether oxygens (including phenoxy) is 1. The van der Waals surface area contributed by atoms with Gasteiger partial charge in [0.2, 0.25) is 17.6 Å². The summed E-state index contributed by atoms with van der Waals surface area (Å²) in [4.78, 5) is 81.0. The summed E-state index contributed by atoms with van der Waals surface area (Å²) in [6.45, 7) is 17.9. The zero-order chi connectivity index (χ0) is 37.3. The van der Waals surface area contributed by atoms with Crippen molar-refractivity contribution in [1.29, 1.82) is 0 Å². The predicted octanol–water partition coefficient (Wildman–Crippen LogP) is 3.25. The fraction of sp³-hybridized carbons (Fsp3) is 0.765. The SMILES string of the molecule is C=CCNC(=O)C(=O)C(CCC(F)(F)F)NC(=O)[C@@H]1C2[C@H](CN1C(=O)[C@@H](NC(=O)N[C@H](C(=O)OCC1CC1)C(C)(C)C)C(C)(C)C)C2(C)C. The number of carbonyl (C=O) groups is 6. The Balaban J connectivity index is 1.83. The van der Waals surface area contributed by atoms with Crippen LogP contribution in [0.5, 0.6) is 0 Å². The molecule has 0 bridgehead atoms. The van der Waals surface area contributed by atoms with Gasteiger partial charge < -0.3 is 30.9 Å². The van der Waals surface area contributed by atoms with Crippen LogP contribution in [-0.4, -0.2) is 90.4 Å². The van der Waals surface area contributed by atoms with Gasteiger partial charge in [0.25, 0.3) is 5.91 Å². The normalized spacial score (nSPS) is 23.2. The lowest BCUT2D eigenvalue weighted by Gasteiger charge is -2.38. The molecule has 1 aliphatic heterocycles. The van der Waals surface area contributed by atoms with Crippen LogP contribution in [0, 0.1) is 34.0 Å². The third kappa shape index (κ3) is 10.2. The summed E-state index contributed by atoms with van der Waals surface area (Å²) in [6, 6.07) is -6.01. The molecular weight excluding hydrogens is 647 g/mol. The second-order valence-corrected chi connectivity index (χ2v) is 16.3. The number of urea groups is 1. The average Bonchev–Trinajstić information content (AvgIpc) is 3.84. The van der Waals surface area contributed by atoms with Crippen molar-refractivity contribution in [2.45, 2.75) is 111 Å². The molecular formula is C34H52F3N5O7.